The lowest BCUT2D eigenvalue weighted by Gasteiger charge is -2.35. The van der Waals surface area contributed by atoms with Crippen LogP contribution in [0.4, 0.5) is 20.6 Å². The van der Waals surface area contributed by atoms with Gasteiger partial charge in [0.05, 0.1) is 23.4 Å². The highest BCUT2D eigenvalue weighted by molar-refractivity contribution is 6.08. The molecule has 1 heterocycles. The van der Waals surface area contributed by atoms with E-state index in [2.05, 4.69) is 5.32 Å². The van der Waals surface area contributed by atoms with E-state index in [-0.39, 0.29) is 22.9 Å². The number of rotatable bonds is 5. The molecule has 3 rings (SSSR count). The first-order chi connectivity index (χ1) is 14.4. The van der Waals surface area contributed by atoms with Crippen LogP contribution in [0.3, 0.4) is 0 Å². The van der Waals surface area contributed by atoms with Gasteiger partial charge in [-0.1, -0.05) is 12.1 Å². The van der Waals surface area contributed by atoms with Crippen molar-refractivity contribution in [2.24, 2.45) is 0 Å². The monoisotopic (exact) mass is 415 g/mol. The molecule has 1 fully saturated rings. The molecule has 30 heavy (non-hydrogen) atoms. The number of piperazine rings is 1. The predicted octanol–water partition coefficient (Wildman–Crippen LogP) is 3.05. The summed E-state index contributed by atoms with van der Waals surface area (Å²) < 4.78 is 18.8. The van der Waals surface area contributed by atoms with Crippen molar-refractivity contribution in [2.75, 3.05) is 43.0 Å². The molecule has 2 N–H and O–H groups in total. The van der Waals surface area contributed by atoms with E-state index in [1.165, 1.54) is 30.3 Å². The Bertz CT molecular complexity index is 957. The Kier molecular flexibility index (Phi) is 6.51. The van der Waals surface area contributed by atoms with E-state index in [1.54, 1.807) is 17.9 Å². The van der Waals surface area contributed by atoms with Gasteiger partial charge in [-0.05, 0) is 37.3 Å². The highest BCUT2D eigenvalue weighted by atomic mass is 19.1. The van der Waals surface area contributed by atoms with Crippen molar-refractivity contribution in [1.82, 2.24) is 4.90 Å². The number of carboxylic acids is 1. The minimum atomic E-state index is -1.22. The molecule has 0 unspecified atom stereocenters. The molecule has 0 radical (unpaired) electrons. The van der Waals surface area contributed by atoms with Crippen LogP contribution in [0.25, 0.3) is 0 Å². The number of halogens is 1. The molecular weight excluding hydrogens is 393 g/mol. The van der Waals surface area contributed by atoms with Crippen LogP contribution < -0.4 is 10.2 Å². The summed E-state index contributed by atoms with van der Waals surface area (Å²) in [5.74, 6) is -2.64. The van der Waals surface area contributed by atoms with Crippen LogP contribution in [0.1, 0.15) is 27.6 Å². The molecule has 1 aliphatic heterocycles. The smallest absolute Gasteiger partial charge is 0.409 e. The first-order valence-corrected chi connectivity index (χ1v) is 9.50. The summed E-state index contributed by atoms with van der Waals surface area (Å²) in [6, 6.07) is 10.1. The zero-order valence-electron chi connectivity index (χ0n) is 16.4. The van der Waals surface area contributed by atoms with Crippen LogP contribution in [-0.2, 0) is 4.74 Å². The zero-order chi connectivity index (χ0) is 21.7. The number of benzene rings is 2. The van der Waals surface area contributed by atoms with E-state index >= 15 is 0 Å². The number of anilines is 2. The van der Waals surface area contributed by atoms with E-state index in [0.29, 0.717) is 38.5 Å². The van der Waals surface area contributed by atoms with Crippen molar-refractivity contribution in [3.8, 4) is 0 Å². The van der Waals surface area contributed by atoms with E-state index in [4.69, 9.17) is 4.74 Å². The number of carbonyl (C=O) groups excluding carboxylic acids is 2. The van der Waals surface area contributed by atoms with Gasteiger partial charge in [-0.2, -0.15) is 0 Å². The Morgan fingerprint density at radius 1 is 1.07 bits per heavy atom. The fraction of sp³-hybridized carbons (Fsp3) is 0.286. The summed E-state index contributed by atoms with van der Waals surface area (Å²) >= 11 is 0. The molecule has 0 aromatic heterocycles. The molecule has 1 saturated heterocycles. The Labute approximate surface area is 172 Å². The molecule has 9 heteroatoms. The maximum Gasteiger partial charge on any atom is 0.409 e. The second-order valence-corrected chi connectivity index (χ2v) is 6.64. The van der Waals surface area contributed by atoms with Crippen molar-refractivity contribution in [1.29, 1.82) is 0 Å². The van der Waals surface area contributed by atoms with Gasteiger partial charge in [0.25, 0.3) is 5.91 Å². The van der Waals surface area contributed by atoms with Gasteiger partial charge < -0.3 is 25.0 Å². The largest absolute Gasteiger partial charge is 0.478 e. The number of carbonyl (C=O) groups is 3. The predicted molar refractivity (Wildman–Crippen MR) is 109 cm³/mol. The number of ether oxygens (including phenoxy) is 1. The SMILES string of the molecule is CCOC(=O)N1CCN(c2ccc(NC(=O)c3ccccc3F)c(C(=O)O)c2)CC1. The summed E-state index contributed by atoms with van der Waals surface area (Å²) in [6.45, 7) is 3.98. The zero-order valence-corrected chi connectivity index (χ0v) is 16.4. The quantitative estimate of drug-likeness (QED) is 0.779. The third-order valence-corrected chi connectivity index (χ3v) is 4.77. The summed E-state index contributed by atoms with van der Waals surface area (Å²) in [7, 11) is 0. The molecule has 0 spiro atoms. The summed E-state index contributed by atoms with van der Waals surface area (Å²) in [4.78, 5) is 39.4. The van der Waals surface area contributed by atoms with E-state index in [0.717, 1.165) is 6.07 Å². The van der Waals surface area contributed by atoms with Crippen molar-refractivity contribution in [3.63, 3.8) is 0 Å². The lowest BCUT2D eigenvalue weighted by molar-refractivity contribution is 0.0698. The van der Waals surface area contributed by atoms with E-state index in [9.17, 15) is 23.9 Å². The van der Waals surface area contributed by atoms with Crippen molar-refractivity contribution < 1.29 is 28.6 Å². The van der Waals surface area contributed by atoms with Gasteiger partial charge in [0.15, 0.2) is 0 Å². The molecule has 1 aliphatic rings. The molecule has 0 saturated carbocycles. The maximum absolute atomic E-state index is 13.8. The van der Waals surface area contributed by atoms with E-state index < -0.39 is 17.7 Å². The van der Waals surface area contributed by atoms with Crippen LogP contribution in [0.5, 0.6) is 0 Å². The van der Waals surface area contributed by atoms with Gasteiger partial charge in [0.2, 0.25) is 0 Å². The topological polar surface area (TPSA) is 99.2 Å². The molecule has 2 aromatic rings. The number of amides is 2. The third-order valence-electron chi connectivity index (χ3n) is 4.77. The third kappa shape index (κ3) is 4.68. The number of hydrogen-bond acceptors (Lipinski definition) is 5. The Morgan fingerprint density at radius 3 is 2.40 bits per heavy atom. The molecular formula is C21H22FN3O5. The van der Waals surface area contributed by atoms with Crippen LogP contribution in [0, 0.1) is 5.82 Å². The van der Waals surface area contributed by atoms with Gasteiger partial charge in [-0.3, -0.25) is 4.79 Å². The minimum absolute atomic E-state index is 0.0738. The normalized spacial score (nSPS) is 13.7. The molecule has 2 amide bonds. The van der Waals surface area contributed by atoms with Gasteiger partial charge >= 0.3 is 12.1 Å². The first kappa shape index (κ1) is 21.1. The Morgan fingerprint density at radius 2 is 1.77 bits per heavy atom. The fourth-order valence-electron chi connectivity index (χ4n) is 3.21. The molecule has 0 bridgehead atoms. The van der Waals surface area contributed by atoms with Crippen molar-refractivity contribution in [3.05, 3.63) is 59.4 Å². The van der Waals surface area contributed by atoms with Crippen LogP contribution in [0.15, 0.2) is 42.5 Å². The maximum atomic E-state index is 13.8. The lowest BCUT2D eigenvalue weighted by atomic mass is 10.1. The summed E-state index contributed by atoms with van der Waals surface area (Å²) in [6.07, 6.45) is -0.366. The van der Waals surface area contributed by atoms with Crippen molar-refractivity contribution in [2.45, 2.75) is 6.92 Å². The molecule has 8 nitrogen and oxygen atoms in total. The number of nitrogens with zero attached hydrogens (tertiary/aromatic N) is 2. The molecule has 0 aliphatic carbocycles. The highest BCUT2D eigenvalue weighted by Crippen LogP contribution is 2.25. The average molecular weight is 415 g/mol. The minimum Gasteiger partial charge on any atom is -0.478 e. The number of aromatic carboxylic acids is 1. The van der Waals surface area contributed by atoms with Gasteiger partial charge in [0, 0.05) is 31.9 Å². The second-order valence-electron chi connectivity index (χ2n) is 6.64. The fourth-order valence-corrected chi connectivity index (χ4v) is 3.21. The van der Waals surface area contributed by atoms with Crippen LogP contribution in [0.2, 0.25) is 0 Å². The Balaban J connectivity index is 1.75. The van der Waals surface area contributed by atoms with Gasteiger partial charge in [-0.25, -0.2) is 14.0 Å². The first-order valence-electron chi connectivity index (χ1n) is 9.50. The summed E-state index contributed by atoms with van der Waals surface area (Å²) in [5.41, 5.74) is 0.447. The lowest BCUT2D eigenvalue weighted by Crippen LogP contribution is -2.49. The van der Waals surface area contributed by atoms with Crippen LogP contribution in [-0.4, -0.2) is 60.8 Å². The second kappa shape index (κ2) is 9.25. The highest BCUT2D eigenvalue weighted by Gasteiger charge is 2.23. The molecule has 0 atom stereocenters. The molecule has 2 aromatic carbocycles. The number of carboxylic acid groups (broad SMARTS) is 1. The molecule has 158 valence electrons. The standard InChI is InChI=1S/C21H22FN3O5/c1-2-30-21(29)25-11-9-24(10-12-25)14-7-8-18(16(13-14)20(27)28)23-19(26)15-5-3-4-6-17(15)22/h3-8,13H,2,9-12H2,1H3,(H,23,26)(H,27,28). The van der Waals surface area contributed by atoms with E-state index in [1.807, 2.05) is 4.90 Å². The van der Waals surface area contributed by atoms with Gasteiger partial charge in [-0.15, -0.1) is 0 Å². The average Bonchev–Trinajstić information content (AvgIpc) is 2.74. The number of hydrogen-bond donors (Lipinski definition) is 2. The van der Waals surface area contributed by atoms with Crippen LogP contribution >= 0.6 is 0 Å². The summed E-state index contributed by atoms with van der Waals surface area (Å²) in [5, 5.41) is 12.1. The Hall–Kier alpha value is -3.62. The number of nitrogens with one attached hydrogen (secondary N) is 1. The van der Waals surface area contributed by atoms with Crippen molar-refractivity contribution >= 4 is 29.3 Å². The van der Waals surface area contributed by atoms with Gasteiger partial charge in [0.1, 0.15) is 5.82 Å².